The molecule has 2 amide bonds. The van der Waals surface area contributed by atoms with E-state index in [1.54, 1.807) is 50.0 Å². The molecule has 2 N–H and O–H groups in total. The minimum atomic E-state index is -1.31. The third-order valence-corrected chi connectivity index (χ3v) is 7.96. The lowest BCUT2D eigenvalue weighted by Gasteiger charge is -2.27. The molecule has 2 aliphatic rings. The molecule has 0 saturated heterocycles. The number of pyridine rings is 1. The van der Waals surface area contributed by atoms with Crippen LogP contribution in [0.1, 0.15) is 102 Å². The standard InChI is InChI=1S/C32H42N6O6/c1-19(39)21-9-11-23(12-10-21)38-17-24(27(36-38)32(5,6)42)34-28(40)25-18-43-29(35-25)22-13-14-33-26(15-22)37(16-20-7-8-20)30(41)44-31(2,3)4/h13-15,17-18,20-21,23,42H,7-12,16H2,1-6H3,(H,34,40)/t21-,23-. The zero-order valence-electron chi connectivity index (χ0n) is 26.3. The molecule has 0 unspecified atom stereocenters. The van der Waals surface area contributed by atoms with E-state index in [9.17, 15) is 19.5 Å². The van der Waals surface area contributed by atoms with Gasteiger partial charge in [0.15, 0.2) is 5.69 Å². The average Bonchev–Trinajstić information content (AvgIpc) is 3.44. The molecule has 44 heavy (non-hydrogen) atoms. The van der Waals surface area contributed by atoms with Crippen molar-refractivity contribution in [2.75, 3.05) is 16.8 Å². The van der Waals surface area contributed by atoms with E-state index >= 15 is 0 Å². The van der Waals surface area contributed by atoms with Crippen LogP contribution in [0.5, 0.6) is 0 Å². The number of hydrogen-bond acceptors (Lipinski definition) is 9. The zero-order valence-corrected chi connectivity index (χ0v) is 26.3. The van der Waals surface area contributed by atoms with E-state index in [0.717, 1.165) is 38.5 Å². The summed E-state index contributed by atoms with van der Waals surface area (Å²) in [6.45, 7) is 10.8. The number of Topliss-reactive ketones (excluding diaryl/α,β-unsaturated/α-hetero) is 1. The molecule has 3 aromatic rings. The van der Waals surface area contributed by atoms with Gasteiger partial charge in [0.25, 0.3) is 5.91 Å². The van der Waals surface area contributed by atoms with Gasteiger partial charge in [-0.15, -0.1) is 0 Å². The second-order valence-electron chi connectivity index (χ2n) is 13.5. The Morgan fingerprint density at radius 3 is 2.43 bits per heavy atom. The summed E-state index contributed by atoms with van der Waals surface area (Å²) in [5.41, 5.74) is -0.674. The van der Waals surface area contributed by atoms with E-state index in [-0.39, 0.29) is 29.3 Å². The number of nitrogens with zero attached hydrogens (tertiary/aromatic N) is 5. The lowest BCUT2D eigenvalue weighted by molar-refractivity contribution is -0.121. The Morgan fingerprint density at radius 1 is 1.11 bits per heavy atom. The lowest BCUT2D eigenvalue weighted by atomic mass is 9.84. The first-order valence-electron chi connectivity index (χ1n) is 15.2. The van der Waals surface area contributed by atoms with Crippen molar-refractivity contribution in [3.05, 3.63) is 42.2 Å². The summed E-state index contributed by atoms with van der Waals surface area (Å²) in [6.07, 6.45) is 9.32. The predicted molar refractivity (Wildman–Crippen MR) is 163 cm³/mol. The molecule has 2 saturated carbocycles. The maximum atomic E-state index is 13.3. The maximum Gasteiger partial charge on any atom is 0.416 e. The van der Waals surface area contributed by atoms with Crippen LogP contribution in [0, 0.1) is 11.8 Å². The Hall–Kier alpha value is -4.06. The molecule has 236 valence electrons. The third-order valence-electron chi connectivity index (χ3n) is 7.96. The molecule has 0 aromatic carbocycles. The highest BCUT2D eigenvalue weighted by atomic mass is 16.6. The van der Waals surface area contributed by atoms with Crippen LogP contribution in [0.3, 0.4) is 0 Å². The highest BCUT2D eigenvalue weighted by Crippen LogP contribution is 2.36. The number of aromatic nitrogens is 4. The molecule has 0 aliphatic heterocycles. The van der Waals surface area contributed by atoms with Crippen LogP contribution in [0.15, 0.2) is 35.2 Å². The van der Waals surface area contributed by atoms with E-state index in [4.69, 9.17) is 9.15 Å². The fraction of sp³-hybridized carbons (Fsp3) is 0.562. The number of nitrogens with one attached hydrogen (secondary N) is 1. The van der Waals surface area contributed by atoms with E-state index in [1.165, 1.54) is 11.2 Å². The summed E-state index contributed by atoms with van der Waals surface area (Å²) in [4.78, 5) is 48.5. The van der Waals surface area contributed by atoms with Crippen molar-refractivity contribution < 1.29 is 28.6 Å². The van der Waals surface area contributed by atoms with Gasteiger partial charge >= 0.3 is 6.09 Å². The third kappa shape index (κ3) is 7.53. The van der Waals surface area contributed by atoms with E-state index in [1.807, 2.05) is 20.8 Å². The SMILES string of the molecule is CC(=O)[C@H]1CC[C@H](n2cc(NC(=O)c3coc(-c4ccnc(N(CC5CC5)C(=O)OC(C)(C)C)c4)n3)c(C(C)(C)O)n2)CC1. The summed E-state index contributed by atoms with van der Waals surface area (Å²) in [7, 11) is 0. The smallest absolute Gasteiger partial charge is 0.416 e. The topological polar surface area (TPSA) is 153 Å². The first-order valence-corrected chi connectivity index (χ1v) is 15.2. The van der Waals surface area contributed by atoms with Gasteiger partial charge in [-0.3, -0.25) is 19.2 Å². The van der Waals surface area contributed by atoms with Crippen molar-refractivity contribution in [1.29, 1.82) is 0 Å². The number of aliphatic hydroxyl groups is 1. The highest BCUT2D eigenvalue weighted by molar-refractivity contribution is 6.03. The fourth-order valence-corrected chi connectivity index (χ4v) is 5.40. The highest BCUT2D eigenvalue weighted by Gasteiger charge is 2.33. The van der Waals surface area contributed by atoms with Crippen LogP contribution in [0.4, 0.5) is 16.3 Å². The number of amides is 2. The van der Waals surface area contributed by atoms with Crippen LogP contribution >= 0.6 is 0 Å². The fourth-order valence-electron chi connectivity index (χ4n) is 5.40. The molecule has 2 aliphatic carbocycles. The van der Waals surface area contributed by atoms with Crippen LogP contribution in [0.2, 0.25) is 0 Å². The Labute approximate surface area is 257 Å². The summed E-state index contributed by atoms with van der Waals surface area (Å²) >= 11 is 0. The molecule has 0 atom stereocenters. The van der Waals surface area contributed by atoms with Crippen LogP contribution in [-0.4, -0.2) is 54.8 Å². The quantitative estimate of drug-likeness (QED) is 0.304. The monoisotopic (exact) mass is 606 g/mol. The van der Waals surface area contributed by atoms with Gasteiger partial charge in [-0.05, 0) is 98.1 Å². The first kappa shape index (κ1) is 31.4. The maximum absolute atomic E-state index is 13.3. The normalized spacial score (nSPS) is 19.0. The number of carbonyl (C=O) groups is 3. The molecule has 0 bridgehead atoms. The molecule has 0 spiro atoms. The van der Waals surface area contributed by atoms with E-state index in [0.29, 0.717) is 35.2 Å². The molecular weight excluding hydrogens is 564 g/mol. The second kappa shape index (κ2) is 12.1. The van der Waals surface area contributed by atoms with Crippen molar-refractivity contribution in [3.63, 3.8) is 0 Å². The molecule has 0 radical (unpaired) electrons. The van der Waals surface area contributed by atoms with Crippen LogP contribution < -0.4 is 10.2 Å². The summed E-state index contributed by atoms with van der Waals surface area (Å²) in [5, 5.41) is 18.3. The van der Waals surface area contributed by atoms with Gasteiger partial charge in [-0.1, -0.05) is 0 Å². The van der Waals surface area contributed by atoms with Crippen molar-refractivity contribution in [2.45, 2.75) is 97.3 Å². The summed E-state index contributed by atoms with van der Waals surface area (Å²) < 4.78 is 13.1. The van der Waals surface area contributed by atoms with Crippen molar-refractivity contribution >= 4 is 29.3 Å². The minimum Gasteiger partial charge on any atom is -0.444 e. The molecule has 12 heteroatoms. The zero-order chi connectivity index (χ0) is 31.8. The number of anilines is 2. The number of rotatable bonds is 9. The Morgan fingerprint density at radius 2 is 1.82 bits per heavy atom. The van der Waals surface area contributed by atoms with E-state index in [2.05, 4.69) is 20.4 Å². The van der Waals surface area contributed by atoms with Gasteiger partial charge in [-0.2, -0.15) is 5.10 Å². The summed E-state index contributed by atoms with van der Waals surface area (Å²) in [6, 6.07) is 3.45. The Balaban J connectivity index is 1.33. The molecule has 2 fully saturated rings. The van der Waals surface area contributed by atoms with Gasteiger partial charge < -0.3 is 19.6 Å². The number of hydrogen-bond donors (Lipinski definition) is 2. The van der Waals surface area contributed by atoms with Gasteiger partial charge in [0.2, 0.25) is 5.89 Å². The van der Waals surface area contributed by atoms with Gasteiger partial charge in [0, 0.05) is 30.4 Å². The van der Waals surface area contributed by atoms with Crippen LogP contribution in [-0.2, 0) is 15.1 Å². The molecule has 5 rings (SSSR count). The Kier molecular flexibility index (Phi) is 8.66. The van der Waals surface area contributed by atoms with E-state index < -0.39 is 23.2 Å². The molecule has 12 nitrogen and oxygen atoms in total. The number of ketones is 1. The van der Waals surface area contributed by atoms with Gasteiger partial charge in [-0.25, -0.2) is 14.8 Å². The van der Waals surface area contributed by atoms with Gasteiger partial charge in [0.1, 0.15) is 34.8 Å². The van der Waals surface area contributed by atoms with Crippen LogP contribution in [0.25, 0.3) is 11.5 Å². The van der Waals surface area contributed by atoms with Gasteiger partial charge in [0.05, 0.1) is 11.7 Å². The average molecular weight is 607 g/mol. The van der Waals surface area contributed by atoms with Crippen molar-refractivity contribution in [1.82, 2.24) is 19.7 Å². The number of oxazole rings is 1. The molecule has 3 aromatic heterocycles. The minimum absolute atomic E-state index is 0.0387. The summed E-state index contributed by atoms with van der Waals surface area (Å²) in [5.74, 6) is 0.763. The second-order valence-corrected chi connectivity index (χ2v) is 13.5. The first-order chi connectivity index (χ1) is 20.7. The lowest BCUT2D eigenvalue weighted by Crippen LogP contribution is -2.38. The van der Waals surface area contributed by atoms with Crippen molar-refractivity contribution in [2.24, 2.45) is 11.8 Å². The predicted octanol–water partition coefficient (Wildman–Crippen LogP) is 5.88. The van der Waals surface area contributed by atoms with Crippen molar-refractivity contribution in [3.8, 4) is 11.5 Å². The Bertz CT molecular complexity index is 1520. The molecular formula is C32H42N6O6. The number of ether oxygens (including phenoxy) is 1. The number of carbonyl (C=O) groups excluding carboxylic acids is 3. The molecule has 3 heterocycles. The largest absolute Gasteiger partial charge is 0.444 e.